The molecule has 0 bridgehead atoms. The molecule has 0 spiro atoms. The van der Waals surface area contributed by atoms with Gasteiger partial charge in [0, 0.05) is 4.90 Å². The predicted molar refractivity (Wildman–Crippen MR) is 106 cm³/mol. The van der Waals surface area contributed by atoms with Gasteiger partial charge in [-0.15, -0.1) is 11.8 Å². The number of halogens is 5. The Labute approximate surface area is 168 Å². The predicted octanol–water partition coefficient (Wildman–Crippen LogP) is 7.59. The Morgan fingerprint density at radius 1 is 0.552 bits per heavy atom. The highest BCUT2D eigenvalue weighted by molar-refractivity contribution is 7.98. The van der Waals surface area contributed by atoms with Crippen molar-refractivity contribution in [2.75, 3.05) is 6.26 Å². The molecule has 4 aromatic carbocycles. The molecule has 0 atom stereocenters. The first-order chi connectivity index (χ1) is 13.9. The SMILES string of the molecule is CSc1ccc(-c2ccc(-c3c(F)c(F)c(F)c(F)c3F)cc2)c2ccccc12. The minimum absolute atomic E-state index is 0.0911. The highest BCUT2D eigenvalue weighted by atomic mass is 32.2. The maximum Gasteiger partial charge on any atom is 0.200 e. The Morgan fingerprint density at radius 2 is 1.07 bits per heavy atom. The van der Waals surface area contributed by atoms with Gasteiger partial charge in [0.15, 0.2) is 23.3 Å². The second-order valence-electron chi connectivity index (χ2n) is 6.38. The lowest BCUT2D eigenvalue weighted by molar-refractivity contribution is 0.381. The molecule has 0 N–H and O–H groups in total. The zero-order valence-corrected chi connectivity index (χ0v) is 15.9. The van der Waals surface area contributed by atoms with Crippen LogP contribution in [-0.2, 0) is 0 Å². The van der Waals surface area contributed by atoms with Crippen LogP contribution < -0.4 is 0 Å². The first kappa shape index (κ1) is 19.5. The van der Waals surface area contributed by atoms with E-state index in [1.165, 1.54) is 12.1 Å². The topological polar surface area (TPSA) is 0 Å². The Hall–Kier alpha value is -2.86. The molecule has 0 radical (unpaired) electrons. The van der Waals surface area contributed by atoms with Crippen LogP contribution in [-0.4, -0.2) is 6.26 Å². The molecule has 0 nitrogen and oxygen atoms in total. The third-order valence-corrected chi connectivity index (χ3v) is 5.59. The van der Waals surface area contributed by atoms with E-state index in [2.05, 4.69) is 0 Å². The Balaban J connectivity index is 1.85. The quantitative estimate of drug-likeness (QED) is 0.143. The van der Waals surface area contributed by atoms with Crippen molar-refractivity contribution in [3.63, 3.8) is 0 Å². The smallest absolute Gasteiger partial charge is 0.200 e. The number of benzene rings is 4. The Bertz CT molecular complexity index is 1200. The van der Waals surface area contributed by atoms with E-state index in [0.717, 1.165) is 26.8 Å². The third kappa shape index (κ3) is 3.17. The Kier molecular flexibility index (Phi) is 5.04. The second-order valence-corrected chi connectivity index (χ2v) is 7.23. The average molecular weight is 416 g/mol. The van der Waals surface area contributed by atoms with Crippen LogP contribution in [0.4, 0.5) is 22.0 Å². The first-order valence-electron chi connectivity index (χ1n) is 8.62. The molecule has 0 fully saturated rings. The molecule has 4 aromatic rings. The normalized spacial score (nSPS) is 11.2. The van der Waals surface area contributed by atoms with Crippen molar-refractivity contribution in [3.8, 4) is 22.3 Å². The molecule has 0 aliphatic heterocycles. The van der Waals surface area contributed by atoms with Crippen molar-refractivity contribution < 1.29 is 22.0 Å². The van der Waals surface area contributed by atoms with E-state index in [0.29, 0.717) is 0 Å². The van der Waals surface area contributed by atoms with Gasteiger partial charge in [-0.05, 0) is 39.8 Å². The number of thioether (sulfide) groups is 1. The van der Waals surface area contributed by atoms with Crippen LogP contribution >= 0.6 is 11.8 Å². The summed E-state index contributed by atoms with van der Waals surface area (Å²) in [6, 6.07) is 17.7. The first-order valence-corrected chi connectivity index (χ1v) is 9.84. The maximum absolute atomic E-state index is 14.1. The molecule has 0 heterocycles. The summed E-state index contributed by atoms with van der Waals surface area (Å²) in [7, 11) is 0. The molecule has 6 heteroatoms. The number of fused-ring (bicyclic) bond motifs is 1. The van der Waals surface area contributed by atoms with Crippen LogP contribution in [0, 0.1) is 29.1 Å². The van der Waals surface area contributed by atoms with E-state index < -0.39 is 34.6 Å². The summed E-state index contributed by atoms with van der Waals surface area (Å²) in [6.07, 6.45) is 1.99. The van der Waals surface area contributed by atoms with E-state index in [1.807, 2.05) is 42.7 Å². The number of hydrogen-bond acceptors (Lipinski definition) is 1. The van der Waals surface area contributed by atoms with Crippen LogP contribution in [0.15, 0.2) is 65.6 Å². The van der Waals surface area contributed by atoms with Crippen molar-refractivity contribution >= 4 is 22.5 Å². The largest absolute Gasteiger partial charge is 0.203 e. The molecule has 0 unspecified atom stereocenters. The van der Waals surface area contributed by atoms with Crippen LogP contribution in [0.3, 0.4) is 0 Å². The van der Waals surface area contributed by atoms with Gasteiger partial charge < -0.3 is 0 Å². The molecule has 0 saturated carbocycles. The molecular weight excluding hydrogens is 403 g/mol. The molecule has 0 aromatic heterocycles. The summed E-state index contributed by atoms with van der Waals surface area (Å²) in [4.78, 5) is 1.11. The van der Waals surface area contributed by atoms with E-state index in [4.69, 9.17) is 0 Å². The van der Waals surface area contributed by atoms with Gasteiger partial charge in [0.2, 0.25) is 5.82 Å². The van der Waals surface area contributed by atoms with Gasteiger partial charge in [0.25, 0.3) is 0 Å². The Morgan fingerprint density at radius 3 is 1.66 bits per heavy atom. The van der Waals surface area contributed by atoms with E-state index in [1.54, 1.807) is 23.9 Å². The van der Waals surface area contributed by atoms with Gasteiger partial charge >= 0.3 is 0 Å². The summed E-state index contributed by atoms with van der Waals surface area (Å²) in [5.74, 6) is -9.77. The highest BCUT2D eigenvalue weighted by Crippen LogP contribution is 2.36. The standard InChI is InChI=1S/C23H13F5S/c1-29-17-11-10-14(15-4-2-3-5-16(15)17)12-6-8-13(9-7-12)18-19(24)21(26)23(28)22(27)20(18)25/h2-11H,1H3. The molecule has 0 amide bonds. The molecule has 0 aliphatic rings. The van der Waals surface area contributed by atoms with Gasteiger partial charge in [-0.25, -0.2) is 22.0 Å². The van der Waals surface area contributed by atoms with Gasteiger partial charge in [-0.1, -0.05) is 54.6 Å². The van der Waals surface area contributed by atoms with Gasteiger partial charge in [-0.3, -0.25) is 0 Å². The fraction of sp³-hybridized carbons (Fsp3) is 0.0435. The summed E-state index contributed by atoms with van der Waals surface area (Å²) in [5, 5.41) is 2.07. The summed E-state index contributed by atoms with van der Waals surface area (Å²) in [5.41, 5.74) is 0.644. The highest BCUT2D eigenvalue weighted by Gasteiger charge is 2.26. The van der Waals surface area contributed by atoms with Crippen molar-refractivity contribution in [1.29, 1.82) is 0 Å². The van der Waals surface area contributed by atoms with E-state index in [-0.39, 0.29) is 5.56 Å². The molecular formula is C23H13F5S. The number of rotatable bonds is 3. The molecule has 0 aliphatic carbocycles. The summed E-state index contributed by atoms with van der Waals surface area (Å²) < 4.78 is 68.5. The molecule has 0 saturated heterocycles. The van der Waals surface area contributed by atoms with Crippen LogP contribution in [0.2, 0.25) is 0 Å². The average Bonchev–Trinajstić information content (AvgIpc) is 2.76. The summed E-state index contributed by atoms with van der Waals surface area (Å²) >= 11 is 1.62. The zero-order chi connectivity index (χ0) is 20.7. The molecule has 4 rings (SSSR count). The monoisotopic (exact) mass is 416 g/mol. The zero-order valence-electron chi connectivity index (χ0n) is 15.1. The van der Waals surface area contributed by atoms with Crippen LogP contribution in [0.1, 0.15) is 0 Å². The van der Waals surface area contributed by atoms with Gasteiger partial charge in [0.05, 0.1) is 5.56 Å². The third-order valence-electron chi connectivity index (χ3n) is 4.80. The van der Waals surface area contributed by atoms with Crippen molar-refractivity contribution in [3.05, 3.63) is 89.7 Å². The van der Waals surface area contributed by atoms with Gasteiger partial charge in [0.1, 0.15) is 0 Å². The van der Waals surface area contributed by atoms with Crippen LogP contribution in [0.5, 0.6) is 0 Å². The fourth-order valence-corrected chi connectivity index (χ4v) is 3.98. The van der Waals surface area contributed by atoms with Crippen molar-refractivity contribution in [1.82, 2.24) is 0 Å². The molecule has 29 heavy (non-hydrogen) atoms. The lowest BCUT2D eigenvalue weighted by Gasteiger charge is -2.12. The van der Waals surface area contributed by atoms with Crippen molar-refractivity contribution in [2.24, 2.45) is 0 Å². The van der Waals surface area contributed by atoms with Crippen LogP contribution in [0.25, 0.3) is 33.0 Å². The maximum atomic E-state index is 14.1. The lowest BCUT2D eigenvalue weighted by atomic mass is 9.95. The summed E-state index contributed by atoms with van der Waals surface area (Å²) in [6.45, 7) is 0. The minimum Gasteiger partial charge on any atom is -0.203 e. The second kappa shape index (κ2) is 7.52. The number of hydrogen-bond donors (Lipinski definition) is 0. The lowest BCUT2D eigenvalue weighted by Crippen LogP contribution is -2.03. The van der Waals surface area contributed by atoms with E-state index in [9.17, 15) is 22.0 Å². The minimum atomic E-state index is -2.17. The van der Waals surface area contributed by atoms with Gasteiger partial charge in [-0.2, -0.15) is 0 Å². The van der Waals surface area contributed by atoms with E-state index >= 15 is 0 Å². The fourth-order valence-electron chi connectivity index (χ4n) is 3.38. The molecule has 146 valence electrons. The van der Waals surface area contributed by atoms with Crippen molar-refractivity contribution in [2.45, 2.75) is 4.90 Å².